The van der Waals surface area contributed by atoms with Gasteiger partial charge in [-0.3, -0.25) is 4.79 Å². The Labute approximate surface area is 165 Å². The maximum Gasteiger partial charge on any atom is 0.313 e. The van der Waals surface area contributed by atoms with Crippen molar-refractivity contribution in [3.05, 3.63) is 41.4 Å². The van der Waals surface area contributed by atoms with Gasteiger partial charge in [0.1, 0.15) is 0 Å². The average Bonchev–Trinajstić information content (AvgIpc) is 3.08. The quantitative estimate of drug-likeness (QED) is 0.629. The van der Waals surface area contributed by atoms with Crippen LogP contribution < -0.4 is 4.90 Å². The number of fused-ring (bicyclic) bond motifs is 1. The van der Waals surface area contributed by atoms with Gasteiger partial charge in [-0.15, -0.1) is 0 Å². The molecule has 6 nitrogen and oxygen atoms in total. The van der Waals surface area contributed by atoms with Crippen molar-refractivity contribution in [2.45, 2.75) is 5.16 Å². The first-order valence-corrected chi connectivity index (χ1v) is 9.93. The molecule has 8 heteroatoms. The molecule has 140 valence electrons. The Bertz CT molecular complexity index is 968. The number of benzene rings is 2. The molecule has 0 bridgehead atoms. The smallest absolute Gasteiger partial charge is 0.313 e. The minimum absolute atomic E-state index is 0.0383. The summed E-state index contributed by atoms with van der Waals surface area (Å²) in [6.07, 6.45) is 0. The van der Waals surface area contributed by atoms with E-state index in [0.717, 1.165) is 60.2 Å². The van der Waals surface area contributed by atoms with Gasteiger partial charge >= 0.3 is 5.97 Å². The summed E-state index contributed by atoms with van der Waals surface area (Å²) in [6.45, 7) is 3.31. The van der Waals surface area contributed by atoms with E-state index >= 15 is 0 Å². The third kappa shape index (κ3) is 4.05. The number of morpholine rings is 1. The zero-order valence-electron chi connectivity index (χ0n) is 14.4. The number of nitrogens with zero attached hydrogens (tertiary/aromatic N) is 2. The largest absolute Gasteiger partial charge is 0.481 e. The molecule has 2 heterocycles. The number of imidazole rings is 1. The number of thioether (sulfide) groups is 1. The number of carbonyl (C=O) groups is 1. The van der Waals surface area contributed by atoms with E-state index in [2.05, 4.69) is 39.1 Å². The Morgan fingerprint density at radius 2 is 2.00 bits per heavy atom. The third-order valence-electron chi connectivity index (χ3n) is 4.44. The number of nitrogens with one attached hydrogen (secondary N) is 1. The van der Waals surface area contributed by atoms with Crippen molar-refractivity contribution in [3.8, 4) is 11.1 Å². The molecule has 0 amide bonds. The van der Waals surface area contributed by atoms with Gasteiger partial charge in [0.05, 0.1) is 35.0 Å². The second kappa shape index (κ2) is 7.80. The minimum Gasteiger partial charge on any atom is -0.481 e. The van der Waals surface area contributed by atoms with Crippen LogP contribution in [0.1, 0.15) is 0 Å². The number of ether oxygens (including phenoxy) is 1. The lowest BCUT2D eigenvalue weighted by molar-refractivity contribution is -0.133. The highest BCUT2D eigenvalue weighted by atomic mass is 35.5. The van der Waals surface area contributed by atoms with Crippen LogP contribution >= 0.6 is 23.4 Å². The molecule has 2 aromatic carbocycles. The van der Waals surface area contributed by atoms with Gasteiger partial charge in [-0.25, -0.2) is 4.98 Å². The summed E-state index contributed by atoms with van der Waals surface area (Å²) >= 11 is 7.64. The molecule has 27 heavy (non-hydrogen) atoms. The highest BCUT2D eigenvalue weighted by molar-refractivity contribution is 7.99. The number of aliphatic carboxylic acids is 1. The van der Waals surface area contributed by atoms with E-state index in [9.17, 15) is 4.79 Å². The number of H-pyrrole nitrogens is 1. The highest BCUT2D eigenvalue weighted by Gasteiger charge is 2.13. The number of rotatable bonds is 5. The van der Waals surface area contributed by atoms with Crippen molar-refractivity contribution in [2.75, 3.05) is 37.0 Å². The number of anilines is 1. The van der Waals surface area contributed by atoms with Crippen molar-refractivity contribution >= 4 is 46.1 Å². The van der Waals surface area contributed by atoms with Crippen LogP contribution in [0.2, 0.25) is 5.02 Å². The zero-order valence-corrected chi connectivity index (χ0v) is 16.0. The van der Waals surface area contributed by atoms with Crippen LogP contribution in [0.25, 0.3) is 22.2 Å². The van der Waals surface area contributed by atoms with E-state index in [-0.39, 0.29) is 5.75 Å². The Balaban J connectivity index is 1.60. The van der Waals surface area contributed by atoms with Crippen molar-refractivity contribution in [1.82, 2.24) is 9.97 Å². The second-order valence-corrected chi connectivity index (χ2v) is 7.59. The summed E-state index contributed by atoms with van der Waals surface area (Å²) in [5.41, 5.74) is 4.65. The number of aromatic nitrogens is 2. The molecular formula is C19H18ClN3O3S. The number of hydrogen-bond donors (Lipinski definition) is 2. The van der Waals surface area contributed by atoms with Crippen LogP contribution in [0.3, 0.4) is 0 Å². The summed E-state index contributed by atoms with van der Waals surface area (Å²) in [6, 6.07) is 12.1. The summed E-state index contributed by atoms with van der Waals surface area (Å²) in [5, 5.41) is 10.0. The predicted octanol–water partition coefficient (Wildman–Crippen LogP) is 3.90. The molecule has 1 aliphatic rings. The summed E-state index contributed by atoms with van der Waals surface area (Å²) in [7, 11) is 0. The van der Waals surface area contributed by atoms with Crippen LogP contribution in [-0.4, -0.2) is 53.1 Å². The van der Waals surface area contributed by atoms with E-state index in [0.29, 0.717) is 10.2 Å². The third-order valence-corrected chi connectivity index (χ3v) is 5.61. The molecule has 0 radical (unpaired) electrons. The van der Waals surface area contributed by atoms with Gasteiger partial charge in [0, 0.05) is 24.3 Å². The topological polar surface area (TPSA) is 78.4 Å². The molecule has 0 saturated carbocycles. The van der Waals surface area contributed by atoms with Gasteiger partial charge < -0.3 is 19.7 Å². The fourth-order valence-electron chi connectivity index (χ4n) is 3.10. The van der Waals surface area contributed by atoms with Crippen LogP contribution in [-0.2, 0) is 9.53 Å². The number of carboxylic acids is 1. The minimum atomic E-state index is -0.875. The lowest BCUT2D eigenvalue weighted by Crippen LogP contribution is -2.36. The first kappa shape index (κ1) is 18.2. The zero-order chi connectivity index (χ0) is 18.8. The molecular weight excluding hydrogens is 386 g/mol. The van der Waals surface area contributed by atoms with Gasteiger partial charge in [0.15, 0.2) is 5.16 Å². The van der Waals surface area contributed by atoms with Crippen LogP contribution in [0, 0.1) is 0 Å². The molecule has 4 rings (SSSR count). The first-order valence-electron chi connectivity index (χ1n) is 8.57. The number of carboxylic acid groups (broad SMARTS) is 1. The number of halogens is 1. The first-order chi connectivity index (χ1) is 13.1. The van der Waals surface area contributed by atoms with E-state index in [1.54, 1.807) is 0 Å². The highest BCUT2D eigenvalue weighted by Crippen LogP contribution is 2.33. The Morgan fingerprint density at radius 1 is 1.26 bits per heavy atom. The summed E-state index contributed by atoms with van der Waals surface area (Å²) in [4.78, 5) is 20.6. The lowest BCUT2D eigenvalue weighted by Gasteiger charge is -2.29. The number of aromatic amines is 1. The Morgan fingerprint density at radius 3 is 2.70 bits per heavy atom. The molecule has 0 unspecified atom stereocenters. The fraction of sp³-hybridized carbons (Fsp3) is 0.263. The predicted molar refractivity (Wildman–Crippen MR) is 108 cm³/mol. The van der Waals surface area contributed by atoms with Crippen LogP contribution in [0.5, 0.6) is 0 Å². The standard InChI is InChI=1S/C19H18ClN3O3S/c20-15-10-17-16(21-19(22-17)27-11-18(24)25)9-14(15)12-1-3-13(4-2-12)23-5-7-26-8-6-23/h1-4,9-10H,5-8,11H2,(H,21,22)(H,24,25). The van der Waals surface area contributed by atoms with Crippen LogP contribution in [0.4, 0.5) is 5.69 Å². The summed E-state index contributed by atoms with van der Waals surface area (Å²) in [5.74, 6) is -0.914. The lowest BCUT2D eigenvalue weighted by atomic mass is 10.0. The monoisotopic (exact) mass is 403 g/mol. The average molecular weight is 404 g/mol. The summed E-state index contributed by atoms with van der Waals surface area (Å²) < 4.78 is 5.40. The maximum absolute atomic E-state index is 10.7. The molecule has 2 N–H and O–H groups in total. The molecule has 1 aliphatic heterocycles. The molecule has 0 atom stereocenters. The van der Waals surface area contributed by atoms with Crippen LogP contribution in [0.15, 0.2) is 41.6 Å². The normalized spacial score (nSPS) is 14.6. The van der Waals surface area contributed by atoms with Crippen molar-refractivity contribution in [1.29, 1.82) is 0 Å². The Kier molecular flexibility index (Phi) is 5.24. The molecule has 0 spiro atoms. The van der Waals surface area contributed by atoms with Crippen molar-refractivity contribution in [2.24, 2.45) is 0 Å². The van der Waals surface area contributed by atoms with E-state index in [1.807, 2.05) is 12.1 Å². The van der Waals surface area contributed by atoms with Gasteiger partial charge in [-0.1, -0.05) is 35.5 Å². The Hall–Kier alpha value is -2.22. The number of hydrogen-bond acceptors (Lipinski definition) is 5. The van der Waals surface area contributed by atoms with E-state index in [4.69, 9.17) is 21.4 Å². The maximum atomic E-state index is 10.7. The van der Waals surface area contributed by atoms with Crippen molar-refractivity contribution < 1.29 is 14.6 Å². The molecule has 0 aliphatic carbocycles. The van der Waals surface area contributed by atoms with Gasteiger partial charge in [0.25, 0.3) is 0 Å². The van der Waals surface area contributed by atoms with E-state index in [1.165, 1.54) is 5.69 Å². The van der Waals surface area contributed by atoms with E-state index < -0.39 is 5.97 Å². The molecule has 1 fully saturated rings. The van der Waals surface area contributed by atoms with Gasteiger partial charge in [0.2, 0.25) is 0 Å². The molecule has 1 aromatic heterocycles. The fourth-order valence-corrected chi connectivity index (χ4v) is 3.98. The second-order valence-electron chi connectivity index (χ2n) is 6.22. The van der Waals surface area contributed by atoms with Gasteiger partial charge in [-0.2, -0.15) is 0 Å². The van der Waals surface area contributed by atoms with Crippen molar-refractivity contribution in [3.63, 3.8) is 0 Å². The SMILES string of the molecule is O=C(O)CSc1nc2cc(-c3ccc(N4CCOCC4)cc3)c(Cl)cc2[nH]1. The van der Waals surface area contributed by atoms with Gasteiger partial charge in [-0.05, 0) is 29.8 Å². The molecule has 1 saturated heterocycles. The molecule has 3 aromatic rings.